The minimum absolute atomic E-state index is 0.0330. The van der Waals surface area contributed by atoms with Crippen LogP contribution in [-0.4, -0.2) is 49.1 Å². The Kier molecular flexibility index (Phi) is 4.57. The summed E-state index contributed by atoms with van der Waals surface area (Å²) in [5, 5.41) is 0. The number of morpholine rings is 1. The molecule has 1 saturated heterocycles. The van der Waals surface area contributed by atoms with Gasteiger partial charge < -0.3 is 20.1 Å². The van der Waals surface area contributed by atoms with Crippen LogP contribution in [0.1, 0.15) is 17.3 Å². The molecule has 2 rings (SSSR count). The molecule has 2 amide bonds. The fraction of sp³-hybridized carbons (Fsp3) is 0.429. The van der Waals surface area contributed by atoms with E-state index in [0.717, 1.165) is 0 Å². The summed E-state index contributed by atoms with van der Waals surface area (Å²) in [6.07, 6.45) is 0.0330. The van der Waals surface area contributed by atoms with Gasteiger partial charge in [0, 0.05) is 13.1 Å². The zero-order chi connectivity index (χ0) is 14.5. The number of para-hydroxylation sites is 1. The Balaban J connectivity index is 1.95. The number of hydrogen-bond donors (Lipinski definition) is 1. The summed E-state index contributed by atoms with van der Waals surface area (Å²) in [6, 6.07) is 6.61. The van der Waals surface area contributed by atoms with Gasteiger partial charge in [0.1, 0.15) is 5.75 Å². The molecule has 1 atom stereocenters. The Labute approximate surface area is 117 Å². The van der Waals surface area contributed by atoms with Crippen LogP contribution in [0.15, 0.2) is 24.3 Å². The Morgan fingerprint density at radius 1 is 1.45 bits per heavy atom. The van der Waals surface area contributed by atoms with Gasteiger partial charge >= 0.3 is 0 Å². The molecule has 6 nitrogen and oxygen atoms in total. The molecule has 2 N–H and O–H groups in total. The molecular formula is C14H18N2O4. The maximum absolute atomic E-state index is 12.0. The van der Waals surface area contributed by atoms with Crippen LogP contribution in [0.2, 0.25) is 0 Å². The van der Waals surface area contributed by atoms with Gasteiger partial charge in [0.25, 0.3) is 11.8 Å². The van der Waals surface area contributed by atoms with E-state index in [-0.39, 0.29) is 24.2 Å². The predicted octanol–water partition coefficient (Wildman–Crippen LogP) is 0.412. The Morgan fingerprint density at radius 3 is 2.90 bits per heavy atom. The topological polar surface area (TPSA) is 81.9 Å². The molecule has 0 saturated carbocycles. The van der Waals surface area contributed by atoms with Crippen LogP contribution in [0, 0.1) is 0 Å². The summed E-state index contributed by atoms with van der Waals surface area (Å²) in [6.45, 7) is 3.45. The summed E-state index contributed by atoms with van der Waals surface area (Å²) < 4.78 is 10.8. The molecule has 1 fully saturated rings. The van der Waals surface area contributed by atoms with E-state index in [2.05, 4.69) is 0 Å². The molecule has 20 heavy (non-hydrogen) atoms. The third-order valence-electron chi connectivity index (χ3n) is 3.10. The highest BCUT2D eigenvalue weighted by atomic mass is 16.5. The van der Waals surface area contributed by atoms with E-state index in [9.17, 15) is 9.59 Å². The third-order valence-corrected chi connectivity index (χ3v) is 3.10. The number of hydrogen-bond acceptors (Lipinski definition) is 4. The normalized spacial score (nSPS) is 18.6. The zero-order valence-electron chi connectivity index (χ0n) is 11.4. The standard InChI is InChI=1S/C14H18N2O4/c1-10-8-16(6-7-19-10)13(17)9-20-12-5-3-2-4-11(12)14(15)18/h2-5,10H,6-9H2,1H3,(H2,15,18)/t10-/m1/s1. The zero-order valence-corrected chi connectivity index (χ0v) is 11.4. The van der Waals surface area contributed by atoms with E-state index in [4.69, 9.17) is 15.2 Å². The summed E-state index contributed by atoms with van der Waals surface area (Å²) in [5.74, 6) is -0.373. The van der Waals surface area contributed by atoms with Gasteiger partial charge in [-0.1, -0.05) is 12.1 Å². The van der Waals surface area contributed by atoms with Crippen molar-refractivity contribution in [1.82, 2.24) is 4.90 Å². The van der Waals surface area contributed by atoms with Crippen molar-refractivity contribution in [1.29, 1.82) is 0 Å². The molecule has 1 heterocycles. The van der Waals surface area contributed by atoms with Gasteiger partial charge in [-0.25, -0.2) is 0 Å². The molecule has 0 unspecified atom stereocenters. The molecule has 1 aliphatic rings. The first-order chi connectivity index (χ1) is 9.58. The molecule has 1 aromatic rings. The van der Waals surface area contributed by atoms with Gasteiger partial charge in [0.15, 0.2) is 6.61 Å². The van der Waals surface area contributed by atoms with E-state index in [1.54, 1.807) is 29.2 Å². The maximum Gasteiger partial charge on any atom is 0.260 e. The third kappa shape index (κ3) is 3.48. The number of carbonyl (C=O) groups is 2. The number of ether oxygens (including phenoxy) is 2. The van der Waals surface area contributed by atoms with E-state index in [0.29, 0.717) is 25.4 Å². The van der Waals surface area contributed by atoms with Crippen LogP contribution in [0.5, 0.6) is 5.75 Å². The molecule has 1 aromatic carbocycles. The summed E-state index contributed by atoms with van der Waals surface area (Å²) in [4.78, 5) is 25.0. The molecule has 108 valence electrons. The Morgan fingerprint density at radius 2 is 2.20 bits per heavy atom. The van der Waals surface area contributed by atoms with Crippen molar-refractivity contribution in [3.63, 3.8) is 0 Å². The molecule has 1 aliphatic heterocycles. The molecule has 0 radical (unpaired) electrons. The highest BCUT2D eigenvalue weighted by molar-refractivity contribution is 5.95. The van der Waals surface area contributed by atoms with Gasteiger partial charge in [0.05, 0.1) is 18.3 Å². The number of primary amides is 1. The van der Waals surface area contributed by atoms with Gasteiger partial charge in [-0.2, -0.15) is 0 Å². The molecule has 0 aromatic heterocycles. The lowest BCUT2D eigenvalue weighted by Gasteiger charge is -2.31. The van der Waals surface area contributed by atoms with E-state index >= 15 is 0 Å². The second-order valence-electron chi connectivity index (χ2n) is 4.67. The Bertz CT molecular complexity index is 504. The second-order valence-corrected chi connectivity index (χ2v) is 4.67. The highest BCUT2D eigenvalue weighted by Gasteiger charge is 2.22. The molecule has 0 spiro atoms. The molecule has 6 heteroatoms. The monoisotopic (exact) mass is 278 g/mol. The summed E-state index contributed by atoms with van der Waals surface area (Å²) in [7, 11) is 0. The summed E-state index contributed by atoms with van der Waals surface area (Å²) in [5.41, 5.74) is 5.52. The lowest BCUT2D eigenvalue weighted by atomic mass is 10.2. The van der Waals surface area contributed by atoms with Crippen LogP contribution in [0.25, 0.3) is 0 Å². The number of carbonyl (C=O) groups excluding carboxylic acids is 2. The smallest absolute Gasteiger partial charge is 0.260 e. The van der Waals surface area contributed by atoms with E-state index in [1.165, 1.54) is 0 Å². The van der Waals surface area contributed by atoms with Crippen LogP contribution >= 0.6 is 0 Å². The van der Waals surface area contributed by atoms with E-state index in [1.807, 2.05) is 6.92 Å². The lowest BCUT2D eigenvalue weighted by molar-refractivity contribution is -0.140. The van der Waals surface area contributed by atoms with Gasteiger partial charge in [-0.15, -0.1) is 0 Å². The fourth-order valence-electron chi connectivity index (χ4n) is 2.07. The van der Waals surface area contributed by atoms with Crippen molar-refractivity contribution in [3.05, 3.63) is 29.8 Å². The van der Waals surface area contributed by atoms with Gasteiger partial charge in [-0.05, 0) is 19.1 Å². The van der Waals surface area contributed by atoms with Gasteiger partial charge in [0.2, 0.25) is 0 Å². The lowest BCUT2D eigenvalue weighted by Crippen LogP contribution is -2.46. The average molecular weight is 278 g/mol. The van der Waals surface area contributed by atoms with Crippen molar-refractivity contribution < 1.29 is 19.1 Å². The average Bonchev–Trinajstić information content (AvgIpc) is 2.45. The fourth-order valence-corrected chi connectivity index (χ4v) is 2.07. The quantitative estimate of drug-likeness (QED) is 0.865. The van der Waals surface area contributed by atoms with Crippen LogP contribution in [0.3, 0.4) is 0 Å². The molecule has 0 bridgehead atoms. The van der Waals surface area contributed by atoms with Crippen LogP contribution in [-0.2, 0) is 9.53 Å². The number of rotatable bonds is 4. The highest BCUT2D eigenvalue weighted by Crippen LogP contribution is 2.17. The van der Waals surface area contributed by atoms with Gasteiger partial charge in [-0.3, -0.25) is 9.59 Å². The predicted molar refractivity (Wildman–Crippen MR) is 72.4 cm³/mol. The van der Waals surface area contributed by atoms with E-state index < -0.39 is 5.91 Å². The maximum atomic E-state index is 12.0. The SMILES string of the molecule is C[C@@H]1CN(C(=O)COc2ccccc2C(N)=O)CCO1. The number of nitrogens with two attached hydrogens (primary N) is 1. The molecule has 0 aliphatic carbocycles. The minimum Gasteiger partial charge on any atom is -0.483 e. The van der Waals surface area contributed by atoms with Crippen molar-refractivity contribution in [2.24, 2.45) is 5.73 Å². The minimum atomic E-state index is -0.576. The summed E-state index contributed by atoms with van der Waals surface area (Å²) >= 11 is 0. The van der Waals surface area contributed by atoms with Crippen molar-refractivity contribution in [2.45, 2.75) is 13.0 Å². The van der Waals surface area contributed by atoms with Crippen molar-refractivity contribution in [3.8, 4) is 5.75 Å². The van der Waals surface area contributed by atoms with Crippen LogP contribution < -0.4 is 10.5 Å². The second kappa shape index (κ2) is 6.38. The first-order valence-corrected chi connectivity index (χ1v) is 6.49. The first-order valence-electron chi connectivity index (χ1n) is 6.49. The van der Waals surface area contributed by atoms with Crippen LogP contribution in [0.4, 0.5) is 0 Å². The number of amides is 2. The molecular weight excluding hydrogens is 260 g/mol. The first kappa shape index (κ1) is 14.3. The Hall–Kier alpha value is -2.08. The van der Waals surface area contributed by atoms with Crippen molar-refractivity contribution in [2.75, 3.05) is 26.3 Å². The number of nitrogens with zero attached hydrogens (tertiary/aromatic N) is 1. The number of benzene rings is 1. The largest absolute Gasteiger partial charge is 0.483 e. The van der Waals surface area contributed by atoms with Crippen molar-refractivity contribution >= 4 is 11.8 Å².